The Morgan fingerprint density at radius 1 is 1.50 bits per heavy atom. The topological polar surface area (TPSA) is 86.1 Å². The lowest BCUT2D eigenvalue weighted by atomic mass is 10.2. The van der Waals surface area contributed by atoms with E-state index in [1.807, 2.05) is 0 Å². The smallest absolute Gasteiger partial charge is 0.328 e. The van der Waals surface area contributed by atoms with Crippen LogP contribution < -0.4 is 0 Å². The summed E-state index contributed by atoms with van der Waals surface area (Å²) in [6.07, 6.45) is 2.37. The second-order valence-corrected chi connectivity index (χ2v) is 2.42. The van der Waals surface area contributed by atoms with Gasteiger partial charge in [0.15, 0.2) is 0 Å². The minimum Gasteiger partial charge on any atom is -0.478 e. The minimum absolute atomic E-state index is 0.410. The van der Waals surface area contributed by atoms with E-state index >= 15 is 0 Å². The highest BCUT2D eigenvalue weighted by Gasteiger charge is 1.95. The molecule has 0 aliphatic carbocycles. The molecule has 0 spiro atoms. The Bertz CT molecular complexity index is 420. The van der Waals surface area contributed by atoms with Gasteiger partial charge in [-0.05, 0) is 17.2 Å². The van der Waals surface area contributed by atoms with Gasteiger partial charge in [-0.15, -0.1) is 0 Å². The van der Waals surface area contributed by atoms with Gasteiger partial charge < -0.3 is 5.11 Å². The molecule has 0 fully saturated rings. The van der Waals surface area contributed by atoms with Crippen LogP contribution in [0.2, 0.25) is 0 Å². The fraction of sp³-hybridized carbons (Fsp3) is 0. The summed E-state index contributed by atoms with van der Waals surface area (Å²) in [6, 6.07) is 6.73. The molecule has 0 aromatic heterocycles. The molecule has 0 aliphatic rings. The van der Waals surface area contributed by atoms with Gasteiger partial charge in [0.25, 0.3) is 0 Å². The van der Waals surface area contributed by atoms with Crippen molar-refractivity contribution in [3.05, 3.63) is 46.3 Å². The first-order valence-corrected chi connectivity index (χ1v) is 3.79. The van der Waals surface area contributed by atoms with Crippen LogP contribution in [-0.4, -0.2) is 11.1 Å². The van der Waals surface area contributed by atoms with Crippen LogP contribution in [0.5, 0.6) is 0 Å². The lowest BCUT2D eigenvalue weighted by Crippen LogP contribution is -1.85. The number of carboxylic acid groups (broad SMARTS) is 1. The number of carboxylic acids is 1. The van der Waals surface area contributed by atoms with Gasteiger partial charge in [0.1, 0.15) is 0 Å². The van der Waals surface area contributed by atoms with Crippen LogP contribution in [-0.2, 0) is 4.79 Å². The van der Waals surface area contributed by atoms with Crippen LogP contribution in [0.4, 0.5) is 5.69 Å². The zero-order valence-electron chi connectivity index (χ0n) is 7.16. The molecule has 0 aliphatic heterocycles. The summed E-state index contributed by atoms with van der Waals surface area (Å²) in [6.45, 7) is 0. The number of hydrogen-bond acceptors (Lipinski definition) is 2. The zero-order valence-corrected chi connectivity index (χ0v) is 7.16. The minimum atomic E-state index is -1.04. The van der Waals surface area contributed by atoms with E-state index in [0.717, 1.165) is 6.08 Å². The van der Waals surface area contributed by atoms with Gasteiger partial charge in [0.2, 0.25) is 0 Å². The lowest BCUT2D eigenvalue weighted by Gasteiger charge is -1.96. The third kappa shape index (κ3) is 2.66. The number of aliphatic carboxylic acids is 1. The molecule has 0 amide bonds. The molecule has 0 unspecified atom stereocenters. The van der Waals surface area contributed by atoms with Gasteiger partial charge >= 0.3 is 5.97 Å². The maximum atomic E-state index is 10.3. The third-order valence-electron chi connectivity index (χ3n) is 1.49. The predicted octanol–water partition coefficient (Wildman–Crippen LogP) is 2.73. The average Bonchev–Trinajstić information content (AvgIpc) is 2.17. The standard InChI is InChI=1S/C9H7N3O2/c10-12-11-8-4-2-1-3-7(8)5-6-9(13)14/h1-6H,(H,13,14). The Morgan fingerprint density at radius 3 is 2.86 bits per heavy atom. The molecule has 1 aromatic rings. The highest BCUT2D eigenvalue weighted by molar-refractivity contribution is 5.86. The van der Waals surface area contributed by atoms with E-state index < -0.39 is 5.97 Å². The normalized spacial score (nSPS) is 9.71. The Labute approximate surface area is 79.9 Å². The summed E-state index contributed by atoms with van der Waals surface area (Å²) in [5, 5.41) is 11.8. The van der Waals surface area contributed by atoms with Crippen LogP contribution in [0.1, 0.15) is 5.56 Å². The quantitative estimate of drug-likeness (QED) is 0.343. The summed E-state index contributed by atoms with van der Waals surface area (Å²) in [7, 11) is 0. The highest BCUT2D eigenvalue weighted by Crippen LogP contribution is 2.19. The molecule has 0 radical (unpaired) electrons. The first-order valence-electron chi connectivity index (χ1n) is 3.79. The number of rotatable bonds is 3. The molecule has 14 heavy (non-hydrogen) atoms. The summed E-state index contributed by atoms with van der Waals surface area (Å²) in [5.41, 5.74) is 9.23. The Morgan fingerprint density at radius 2 is 2.21 bits per heavy atom. The van der Waals surface area contributed by atoms with Crippen LogP contribution >= 0.6 is 0 Å². The van der Waals surface area contributed by atoms with Crippen molar-refractivity contribution in [2.75, 3.05) is 0 Å². The van der Waals surface area contributed by atoms with E-state index in [1.54, 1.807) is 24.3 Å². The van der Waals surface area contributed by atoms with E-state index in [9.17, 15) is 4.79 Å². The zero-order chi connectivity index (χ0) is 10.4. The molecular weight excluding hydrogens is 182 g/mol. The molecule has 1 aromatic carbocycles. The fourth-order valence-electron chi connectivity index (χ4n) is 0.929. The van der Waals surface area contributed by atoms with E-state index in [0.29, 0.717) is 11.3 Å². The van der Waals surface area contributed by atoms with E-state index in [2.05, 4.69) is 10.0 Å². The highest BCUT2D eigenvalue weighted by atomic mass is 16.4. The summed E-state index contributed by atoms with van der Waals surface area (Å²) in [4.78, 5) is 12.9. The lowest BCUT2D eigenvalue weighted by molar-refractivity contribution is -0.131. The first-order chi connectivity index (χ1) is 6.74. The van der Waals surface area contributed by atoms with Crippen LogP contribution in [0.3, 0.4) is 0 Å². The average molecular weight is 189 g/mol. The second-order valence-electron chi connectivity index (χ2n) is 2.42. The number of carbonyl (C=O) groups is 1. The van der Waals surface area contributed by atoms with Gasteiger partial charge in [-0.25, -0.2) is 4.79 Å². The van der Waals surface area contributed by atoms with Crippen molar-refractivity contribution in [3.63, 3.8) is 0 Å². The summed E-state index contributed by atoms with van der Waals surface area (Å²) < 4.78 is 0. The molecule has 1 N–H and O–H groups in total. The van der Waals surface area contributed by atoms with Gasteiger partial charge in [0.05, 0.1) is 0 Å². The summed E-state index contributed by atoms with van der Waals surface area (Å²) in [5.74, 6) is -1.04. The molecule has 70 valence electrons. The maximum absolute atomic E-state index is 10.3. The van der Waals surface area contributed by atoms with Crippen molar-refractivity contribution in [1.29, 1.82) is 0 Å². The van der Waals surface area contributed by atoms with Crippen molar-refractivity contribution in [1.82, 2.24) is 0 Å². The molecule has 5 nitrogen and oxygen atoms in total. The van der Waals surface area contributed by atoms with Crippen LogP contribution in [0.15, 0.2) is 35.5 Å². The van der Waals surface area contributed by atoms with Crippen molar-refractivity contribution < 1.29 is 9.90 Å². The van der Waals surface area contributed by atoms with Crippen molar-refractivity contribution in [2.45, 2.75) is 0 Å². The van der Waals surface area contributed by atoms with Crippen molar-refractivity contribution >= 4 is 17.7 Å². The SMILES string of the molecule is [N-]=[N+]=Nc1ccccc1C=CC(=O)O. The second kappa shape index (κ2) is 4.69. The fourth-order valence-corrected chi connectivity index (χ4v) is 0.929. The predicted molar refractivity (Wildman–Crippen MR) is 51.9 cm³/mol. The van der Waals surface area contributed by atoms with E-state index in [4.69, 9.17) is 10.6 Å². The molecule has 0 atom stereocenters. The number of nitrogens with zero attached hydrogens (tertiary/aromatic N) is 3. The molecule has 0 saturated carbocycles. The first kappa shape index (κ1) is 9.83. The van der Waals surface area contributed by atoms with Crippen molar-refractivity contribution in [2.24, 2.45) is 5.11 Å². The molecule has 1 rings (SSSR count). The molecule has 0 saturated heterocycles. The largest absolute Gasteiger partial charge is 0.478 e. The Kier molecular flexibility index (Phi) is 3.29. The van der Waals surface area contributed by atoms with Gasteiger partial charge in [0, 0.05) is 16.7 Å². The maximum Gasteiger partial charge on any atom is 0.328 e. The number of benzene rings is 1. The van der Waals surface area contributed by atoms with Crippen molar-refractivity contribution in [3.8, 4) is 0 Å². The van der Waals surface area contributed by atoms with E-state index in [-0.39, 0.29) is 0 Å². The Balaban J connectivity index is 3.07. The third-order valence-corrected chi connectivity index (χ3v) is 1.49. The number of azide groups is 1. The van der Waals surface area contributed by atoms with E-state index in [1.165, 1.54) is 6.08 Å². The van der Waals surface area contributed by atoms with Crippen LogP contribution in [0, 0.1) is 0 Å². The monoisotopic (exact) mass is 189 g/mol. The van der Waals surface area contributed by atoms with Crippen LogP contribution in [0.25, 0.3) is 16.5 Å². The van der Waals surface area contributed by atoms with Gasteiger partial charge in [-0.3, -0.25) is 0 Å². The van der Waals surface area contributed by atoms with Gasteiger partial charge in [-0.1, -0.05) is 29.4 Å². The molecular formula is C9H7N3O2. The van der Waals surface area contributed by atoms with Gasteiger partial charge in [-0.2, -0.15) is 0 Å². The number of hydrogen-bond donors (Lipinski definition) is 1. The summed E-state index contributed by atoms with van der Waals surface area (Å²) >= 11 is 0. The molecule has 0 bridgehead atoms. The molecule has 5 heteroatoms. The molecule has 0 heterocycles. The Hall–Kier alpha value is -2.26.